The zero-order chi connectivity index (χ0) is 18.8. The first kappa shape index (κ1) is 18.5. The van der Waals surface area contributed by atoms with Crippen LogP contribution in [0.4, 0.5) is 5.69 Å². The van der Waals surface area contributed by atoms with Gasteiger partial charge < -0.3 is 5.73 Å². The van der Waals surface area contributed by atoms with E-state index in [1.54, 1.807) is 0 Å². The van der Waals surface area contributed by atoms with Crippen molar-refractivity contribution in [2.45, 2.75) is 0 Å². The third-order valence-corrected chi connectivity index (χ3v) is 4.89. The lowest BCUT2D eigenvalue weighted by Gasteiger charge is -2.00. The predicted molar refractivity (Wildman–Crippen MR) is 87.9 cm³/mol. The minimum Gasteiger partial charge on any atom is -0.366 e. The maximum Gasteiger partial charge on any atom is 0.259 e. The van der Waals surface area contributed by atoms with Gasteiger partial charge in [-0.15, -0.1) is 5.11 Å². The number of nitrogens with zero attached hydrogens (tertiary/aromatic N) is 5. The van der Waals surface area contributed by atoms with Crippen molar-refractivity contribution >= 4 is 31.6 Å². The molecule has 1 aromatic heterocycles. The lowest BCUT2D eigenvalue weighted by atomic mass is 10.2. The van der Waals surface area contributed by atoms with Crippen LogP contribution < -0.4 is 11.4 Å². The number of rotatable bonds is 5. The summed E-state index contributed by atoms with van der Waals surface area (Å²) in [7, 11) is -7.60. The molecule has 1 amide bonds. The fourth-order valence-corrected chi connectivity index (χ4v) is 3.21. The van der Waals surface area contributed by atoms with Crippen molar-refractivity contribution in [2.24, 2.45) is 21.2 Å². The zero-order valence-corrected chi connectivity index (χ0v) is 14.8. The summed E-state index contributed by atoms with van der Waals surface area (Å²) >= 11 is 0. The molecule has 2 N–H and O–H groups in total. The number of carbonyl (C=O) groups excluding carboxylic acids is 1. The van der Waals surface area contributed by atoms with Crippen LogP contribution in [0.15, 0.2) is 52.1 Å². The number of hydrogen-bond acceptors (Lipinski definition) is 7. The Morgan fingerprint density at radius 1 is 0.960 bits per heavy atom. The van der Waals surface area contributed by atoms with E-state index in [0.29, 0.717) is 13.6 Å². The van der Waals surface area contributed by atoms with Gasteiger partial charge in [0.25, 0.3) is 5.62 Å². The molecule has 0 aliphatic heterocycles. The predicted octanol–water partition coefficient (Wildman–Crippen LogP) is -0.396. The van der Waals surface area contributed by atoms with Crippen molar-refractivity contribution in [3.8, 4) is 0 Å². The topological polar surface area (TPSA) is 158 Å². The molecule has 0 saturated heterocycles. The summed E-state index contributed by atoms with van der Waals surface area (Å²) in [6, 6.07) is 5.73. The van der Waals surface area contributed by atoms with E-state index in [1.165, 1.54) is 24.3 Å². The molecule has 1 heterocycles. The maximum atomic E-state index is 11.7. The Morgan fingerprint density at radius 3 is 1.84 bits per heavy atom. The first-order valence-corrected chi connectivity index (χ1v) is 10.3. The van der Waals surface area contributed by atoms with Crippen molar-refractivity contribution in [1.29, 1.82) is 0 Å². The molecule has 0 bridgehead atoms. The number of amides is 1. The molecule has 1 aromatic carbocycles. The molecule has 2 aromatic rings. The minimum absolute atomic E-state index is 0.275. The lowest BCUT2D eigenvalue weighted by Crippen LogP contribution is -2.32. The summed E-state index contributed by atoms with van der Waals surface area (Å²) in [5, 5.41) is 10.8. The smallest absolute Gasteiger partial charge is 0.259 e. The van der Waals surface area contributed by atoms with Gasteiger partial charge in [0.15, 0.2) is 0 Å². The van der Waals surface area contributed by atoms with Gasteiger partial charge in [0.2, 0.25) is 26.0 Å². The molecule has 0 aliphatic rings. The number of benzene rings is 1. The highest BCUT2D eigenvalue weighted by Gasteiger charge is 2.15. The second-order valence-corrected chi connectivity index (χ2v) is 8.64. The second kappa shape index (κ2) is 6.60. The molecule has 0 unspecified atom stereocenters. The summed E-state index contributed by atoms with van der Waals surface area (Å²) < 4.78 is 48.1. The van der Waals surface area contributed by atoms with Crippen molar-refractivity contribution in [3.63, 3.8) is 0 Å². The Kier molecular flexibility index (Phi) is 4.89. The van der Waals surface area contributed by atoms with Gasteiger partial charge in [-0.25, -0.2) is 24.8 Å². The van der Waals surface area contributed by atoms with E-state index in [9.17, 15) is 21.6 Å². The number of nitrogens with two attached hydrogens (primary N) is 1. The summed E-state index contributed by atoms with van der Waals surface area (Å²) in [6.07, 6.45) is 3.84. The van der Waals surface area contributed by atoms with Gasteiger partial charge in [0.05, 0.1) is 18.2 Å². The van der Waals surface area contributed by atoms with Crippen LogP contribution >= 0.6 is 0 Å². The van der Waals surface area contributed by atoms with Crippen molar-refractivity contribution < 1.29 is 21.6 Å². The number of carbonyl (C=O) groups is 1. The van der Waals surface area contributed by atoms with Crippen molar-refractivity contribution in [2.75, 3.05) is 12.5 Å². The van der Waals surface area contributed by atoms with Crippen LogP contribution in [0.1, 0.15) is 10.4 Å². The van der Waals surface area contributed by atoms with Crippen LogP contribution in [-0.4, -0.2) is 43.2 Å². The van der Waals surface area contributed by atoms with Gasteiger partial charge in [-0.2, -0.15) is 0 Å². The summed E-state index contributed by atoms with van der Waals surface area (Å²) in [6.45, 7) is 0. The van der Waals surface area contributed by atoms with Crippen LogP contribution in [0.25, 0.3) is 0 Å². The second-order valence-electron chi connectivity index (χ2n) is 4.92. The van der Waals surface area contributed by atoms with E-state index >= 15 is 0 Å². The largest absolute Gasteiger partial charge is 0.366 e. The Bertz CT molecular complexity index is 1050. The Hall–Kier alpha value is -2.80. The molecule has 11 nitrogen and oxygen atoms in total. The molecule has 134 valence electrons. The van der Waals surface area contributed by atoms with E-state index in [-0.39, 0.29) is 5.56 Å². The molecule has 0 radical (unpaired) electrons. The van der Waals surface area contributed by atoms with Crippen LogP contribution in [0.2, 0.25) is 0 Å². The highest BCUT2D eigenvalue weighted by atomic mass is 32.2. The van der Waals surface area contributed by atoms with Gasteiger partial charge in [0.1, 0.15) is 0 Å². The molecule has 2 rings (SSSR count). The Morgan fingerprint density at radius 2 is 1.44 bits per heavy atom. The fourth-order valence-electron chi connectivity index (χ4n) is 1.76. The summed E-state index contributed by atoms with van der Waals surface area (Å²) in [4.78, 5) is 11.0. The summed E-state index contributed by atoms with van der Waals surface area (Å²) in [5.74, 6) is -0.603. The number of hydrogen-bond donors (Lipinski definition) is 1. The molecular weight excluding hydrogens is 372 g/mol. The molecule has 0 aliphatic carbocycles. The normalized spacial score (nSPS) is 12.4. The molecule has 25 heavy (non-hydrogen) atoms. The lowest BCUT2D eigenvalue weighted by molar-refractivity contribution is 0.100. The zero-order valence-electron chi connectivity index (χ0n) is 13.1. The molecule has 0 saturated carbocycles. The number of imidazole rings is 1. The third-order valence-electron chi connectivity index (χ3n) is 2.89. The monoisotopic (exact) mass is 386 g/mol. The first-order chi connectivity index (χ1) is 11.5. The van der Waals surface area contributed by atoms with Crippen LogP contribution in [0, 0.1) is 0 Å². The Labute approximate surface area is 143 Å². The third kappa shape index (κ3) is 4.39. The van der Waals surface area contributed by atoms with E-state index in [2.05, 4.69) is 15.4 Å². The summed E-state index contributed by atoms with van der Waals surface area (Å²) in [5.41, 5.74) is 5.23. The average molecular weight is 386 g/mol. The van der Waals surface area contributed by atoms with E-state index < -0.39 is 31.6 Å². The number of primary amides is 1. The minimum atomic E-state index is -3.80. The van der Waals surface area contributed by atoms with Gasteiger partial charge in [-0.3, -0.25) is 4.79 Å². The van der Waals surface area contributed by atoms with Crippen LogP contribution in [0.5, 0.6) is 0 Å². The van der Waals surface area contributed by atoms with Gasteiger partial charge in [-0.05, 0) is 29.5 Å². The fraction of sp³-hybridized carbons (Fsp3) is 0.167. The van der Waals surface area contributed by atoms with Crippen molar-refractivity contribution in [3.05, 3.63) is 47.8 Å². The molecule has 0 spiro atoms. The van der Waals surface area contributed by atoms with Gasteiger partial charge in [-0.1, -0.05) is 5.10 Å². The maximum absolute atomic E-state index is 11.7. The van der Waals surface area contributed by atoms with E-state index in [4.69, 9.17) is 5.73 Å². The molecule has 0 fully saturated rings. The first-order valence-electron chi connectivity index (χ1n) is 6.56. The van der Waals surface area contributed by atoms with Crippen LogP contribution in [-0.2, 0) is 20.0 Å². The molecule has 13 heteroatoms. The van der Waals surface area contributed by atoms with Gasteiger partial charge in [0, 0.05) is 18.0 Å². The highest BCUT2D eigenvalue weighted by molar-refractivity contribution is 7.89. The highest BCUT2D eigenvalue weighted by Crippen LogP contribution is 2.13. The SMILES string of the molecule is CS(=O)(=O)n1ccn(S(C)(=O)=O)c1=NN=Nc1ccc(C(N)=O)cc1. The average Bonchev–Trinajstić information content (AvgIpc) is 2.92. The molecule has 0 atom stereocenters. The van der Waals surface area contributed by atoms with E-state index in [1.807, 2.05) is 0 Å². The van der Waals surface area contributed by atoms with Gasteiger partial charge >= 0.3 is 0 Å². The number of aromatic nitrogens is 2. The van der Waals surface area contributed by atoms with Crippen molar-refractivity contribution in [1.82, 2.24) is 7.94 Å². The standard InChI is InChI=1S/C12H14N6O5S2/c1-24(20,21)17-7-8-18(25(2,22)23)12(17)15-16-14-10-5-3-9(4-6-10)11(13)19/h3-8H,1-2H3,(H2,13,19). The quantitative estimate of drug-likeness (QED) is 0.546. The van der Waals surface area contributed by atoms with Crippen LogP contribution in [0.3, 0.4) is 0 Å². The van der Waals surface area contributed by atoms with E-state index in [0.717, 1.165) is 24.9 Å². The Balaban J connectivity index is 2.50. The molecular formula is C12H14N6O5S2.